The normalized spacial score (nSPS) is 19.0. The summed E-state index contributed by atoms with van der Waals surface area (Å²) in [6, 6.07) is 6.25. The van der Waals surface area contributed by atoms with E-state index in [2.05, 4.69) is 25.8 Å². The average Bonchev–Trinajstić information content (AvgIpc) is 3.34. The van der Waals surface area contributed by atoms with Crippen molar-refractivity contribution < 1.29 is 9.53 Å². The van der Waals surface area contributed by atoms with Crippen LogP contribution in [0.3, 0.4) is 0 Å². The van der Waals surface area contributed by atoms with Gasteiger partial charge in [0.2, 0.25) is 5.91 Å². The van der Waals surface area contributed by atoms with Crippen molar-refractivity contribution in [3.63, 3.8) is 0 Å². The highest BCUT2D eigenvalue weighted by atomic mass is 127. The first kappa shape index (κ1) is 22.9. The van der Waals surface area contributed by atoms with Crippen LogP contribution in [0.15, 0.2) is 23.2 Å². The fourth-order valence-corrected chi connectivity index (χ4v) is 3.34. The third-order valence-electron chi connectivity index (χ3n) is 4.68. The van der Waals surface area contributed by atoms with Crippen molar-refractivity contribution in [3.05, 3.63) is 23.2 Å². The van der Waals surface area contributed by atoms with Gasteiger partial charge in [-0.1, -0.05) is 11.6 Å². The van der Waals surface area contributed by atoms with E-state index in [1.807, 2.05) is 25.1 Å². The minimum atomic E-state index is -0.0218. The molecule has 9 heteroatoms. The van der Waals surface area contributed by atoms with Crippen LogP contribution in [0, 0.1) is 0 Å². The fraction of sp³-hybridized carbons (Fsp3) is 0.579. The minimum absolute atomic E-state index is 0. The molecule has 7 nitrogen and oxygen atoms in total. The number of carbonyl (C=O) groups excluding carboxylic acids is 1. The van der Waals surface area contributed by atoms with Crippen molar-refractivity contribution in [2.45, 2.75) is 38.3 Å². The molecular formula is C19H29ClIN5O2. The average molecular weight is 522 g/mol. The van der Waals surface area contributed by atoms with E-state index in [1.54, 1.807) is 7.11 Å². The van der Waals surface area contributed by atoms with Crippen LogP contribution in [0.5, 0.6) is 5.75 Å². The first-order chi connectivity index (χ1) is 13.1. The summed E-state index contributed by atoms with van der Waals surface area (Å²) in [6.45, 7) is 4.61. The Bertz CT molecular complexity index is 699. The lowest BCUT2D eigenvalue weighted by atomic mass is 10.2. The molecule has 1 aliphatic carbocycles. The van der Waals surface area contributed by atoms with Gasteiger partial charge in [-0.3, -0.25) is 4.79 Å². The highest BCUT2D eigenvalue weighted by Crippen LogP contribution is 2.33. The summed E-state index contributed by atoms with van der Waals surface area (Å²) in [5.41, 5.74) is 1.00. The number of hydrogen-bond donors (Lipinski definition) is 3. The maximum atomic E-state index is 11.9. The van der Waals surface area contributed by atoms with Gasteiger partial charge in [-0.2, -0.15) is 0 Å². The zero-order valence-electron chi connectivity index (χ0n) is 16.3. The third kappa shape index (κ3) is 6.58. The van der Waals surface area contributed by atoms with Crippen molar-refractivity contribution >= 4 is 53.1 Å². The number of nitrogens with zero attached hydrogens (tertiary/aromatic N) is 2. The second kappa shape index (κ2) is 10.9. The van der Waals surface area contributed by atoms with Crippen molar-refractivity contribution in [1.82, 2.24) is 16.0 Å². The predicted octanol–water partition coefficient (Wildman–Crippen LogP) is 2.38. The maximum absolute atomic E-state index is 11.9. The molecule has 1 heterocycles. The minimum Gasteiger partial charge on any atom is -0.495 e. The molecule has 1 saturated heterocycles. The van der Waals surface area contributed by atoms with Gasteiger partial charge in [-0.15, -0.1) is 24.0 Å². The predicted molar refractivity (Wildman–Crippen MR) is 124 cm³/mol. The standard InChI is InChI=1S/C19H28ClN5O2.HI/c1-3-21-19(22-11-18(26)23-14-5-6-14)24-15-8-9-25(12-15)16-10-13(20)4-7-17(16)27-2;/h4,7,10,14-15H,3,5-6,8-9,11-12H2,1-2H3,(H,23,26)(H2,21,22,24);1H. The molecule has 28 heavy (non-hydrogen) atoms. The van der Waals surface area contributed by atoms with Crippen molar-refractivity contribution in [2.75, 3.05) is 38.2 Å². The summed E-state index contributed by atoms with van der Waals surface area (Å²) in [5, 5.41) is 10.3. The topological polar surface area (TPSA) is 78.0 Å². The molecular weight excluding hydrogens is 493 g/mol. The van der Waals surface area contributed by atoms with Crippen LogP contribution in [0.2, 0.25) is 5.02 Å². The lowest BCUT2D eigenvalue weighted by Crippen LogP contribution is -2.45. The lowest BCUT2D eigenvalue weighted by Gasteiger charge is -2.22. The van der Waals surface area contributed by atoms with Crippen LogP contribution in [0.4, 0.5) is 5.69 Å². The number of aliphatic imine (C=N–C) groups is 1. The number of carbonyl (C=O) groups is 1. The van der Waals surface area contributed by atoms with Crippen LogP contribution in [-0.4, -0.2) is 57.2 Å². The monoisotopic (exact) mass is 521 g/mol. The molecule has 1 aromatic carbocycles. The number of rotatable bonds is 7. The van der Waals surface area contributed by atoms with Gasteiger partial charge < -0.3 is 25.6 Å². The molecule has 1 aliphatic heterocycles. The van der Waals surface area contributed by atoms with Gasteiger partial charge >= 0.3 is 0 Å². The lowest BCUT2D eigenvalue weighted by molar-refractivity contribution is -0.119. The highest BCUT2D eigenvalue weighted by molar-refractivity contribution is 14.0. The smallest absolute Gasteiger partial charge is 0.242 e. The maximum Gasteiger partial charge on any atom is 0.242 e. The Balaban J connectivity index is 0.00000280. The summed E-state index contributed by atoms with van der Waals surface area (Å²) in [4.78, 5) is 18.5. The Labute approximate surface area is 188 Å². The third-order valence-corrected chi connectivity index (χ3v) is 4.91. The van der Waals surface area contributed by atoms with E-state index in [0.29, 0.717) is 17.0 Å². The summed E-state index contributed by atoms with van der Waals surface area (Å²) < 4.78 is 5.47. The first-order valence-corrected chi connectivity index (χ1v) is 9.89. The molecule has 1 saturated carbocycles. The number of benzene rings is 1. The van der Waals surface area contributed by atoms with Gasteiger partial charge in [0.1, 0.15) is 12.3 Å². The second-order valence-electron chi connectivity index (χ2n) is 6.93. The van der Waals surface area contributed by atoms with E-state index in [4.69, 9.17) is 16.3 Å². The van der Waals surface area contributed by atoms with E-state index in [1.165, 1.54) is 0 Å². The Morgan fingerprint density at radius 2 is 2.07 bits per heavy atom. The quantitative estimate of drug-likeness (QED) is 0.292. The van der Waals surface area contributed by atoms with Gasteiger partial charge in [0, 0.05) is 36.7 Å². The van der Waals surface area contributed by atoms with Crippen LogP contribution < -0.4 is 25.6 Å². The number of ether oxygens (including phenoxy) is 1. The van der Waals surface area contributed by atoms with Crippen molar-refractivity contribution in [3.8, 4) is 5.75 Å². The van der Waals surface area contributed by atoms with E-state index in [-0.39, 0.29) is 42.5 Å². The number of anilines is 1. The number of amides is 1. The summed E-state index contributed by atoms with van der Waals surface area (Å²) >= 11 is 6.16. The molecule has 0 spiro atoms. The molecule has 1 unspecified atom stereocenters. The molecule has 1 aromatic rings. The number of methoxy groups -OCH3 is 1. The SMILES string of the molecule is CCNC(=NCC(=O)NC1CC1)NC1CCN(c2cc(Cl)ccc2OC)C1.I. The second-order valence-corrected chi connectivity index (χ2v) is 7.37. The van der Waals surface area contributed by atoms with Crippen LogP contribution >= 0.6 is 35.6 Å². The van der Waals surface area contributed by atoms with E-state index < -0.39 is 0 Å². The van der Waals surface area contributed by atoms with Gasteiger partial charge in [0.15, 0.2) is 5.96 Å². The Hall–Kier alpha value is -1.42. The van der Waals surface area contributed by atoms with E-state index in [9.17, 15) is 4.79 Å². The van der Waals surface area contributed by atoms with Gasteiger partial charge in [-0.05, 0) is 44.4 Å². The van der Waals surface area contributed by atoms with Crippen LogP contribution in [-0.2, 0) is 4.79 Å². The molecule has 2 fully saturated rings. The Kier molecular flexibility index (Phi) is 8.94. The van der Waals surface area contributed by atoms with Crippen LogP contribution in [0.25, 0.3) is 0 Å². The number of halogens is 2. The molecule has 3 N–H and O–H groups in total. The molecule has 1 atom stereocenters. The zero-order valence-corrected chi connectivity index (χ0v) is 19.4. The fourth-order valence-electron chi connectivity index (χ4n) is 3.17. The molecule has 0 bridgehead atoms. The molecule has 0 radical (unpaired) electrons. The van der Waals surface area contributed by atoms with Crippen molar-refractivity contribution in [2.24, 2.45) is 4.99 Å². The highest BCUT2D eigenvalue weighted by Gasteiger charge is 2.26. The Morgan fingerprint density at radius 1 is 1.29 bits per heavy atom. The largest absolute Gasteiger partial charge is 0.495 e. The van der Waals surface area contributed by atoms with Gasteiger partial charge in [0.25, 0.3) is 0 Å². The van der Waals surface area contributed by atoms with Crippen molar-refractivity contribution in [1.29, 1.82) is 0 Å². The van der Waals surface area contributed by atoms with Gasteiger partial charge in [-0.25, -0.2) is 4.99 Å². The van der Waals surface area contributed by atoms with E-state index >= 15 is 0 Å². The first-order valence-electron chi connectivity index (χ1n) is 9.51. The van der Waals surface area contributed by atoms with E-state index in [0.717, 1.165) is 50.3 Å². The summed E-state index contributed by atoms with van der Waals surface area (Å²) in [7, 11) is 1.67. The number of guanidine groups is 1. The zero-order chi connectivity index (χ0) is 19.2. The number of nitrogens with one attached hydrogen (secondary N) is 3. The van der Waals surface area contributed by atoms with Gasteiger partial charge in [0.05, 0.1) is 12.8 Å². The molecule has 156 valence electrons. The molecule has 2 aliphatic rings. The summed E-state index contributed by atoms with van der Waals surface area (Å²) in [5.74, 6) is 1.47. The molecule has 0 aromatic heterocycles. The molecule has 1 amide bonds. The van der Waals surface area contributed by atoms with Crippen LogP contribution in [0.1, 0.15) is 26.2 Å². The number of hydrogen-bond acceptors (Lipinski definition) is 4. The summed E-state index contributed by atoms with van der Waals surface area (Å²) in [6.07, 6.45) is 3.13. The Morgan fingerprint density at radius 3 is 2.75 bits per heavy atom. The molecule has 3 rings (SSSR count).